The highest BCUT2D eigenvalue weighted by molar-refractivity contribution is 5.83. The van der Waals surface area contributed by atoms with E-state index in [1.54, 1.807) is 4.90 Å². The van der Waals surface area contributed by atoms with Crippen LogP contribution in [0.1, 0.15) is 49.6 Å². The molecule has 0 saturated heterocycles. The minimum Gasteiger partial charge on any atom is -0.336 e. The molecule has 0 radical (unpaired) electrons. The Morgan fingerprint density at radius 2 is 2.21 bits per heavy atom. The number of alkyl halides is 3. The average Bonchev–Trinajstić information content (AvgIpc) is 2.95. The van der Waals surface area contributed by atoms with Gasteiger partial charge in [-0.1, -0.05) is 13.0 Å². The van der Waals surface area contributed by atoms with E-state index < -0.39 is 17.3 Å². The largest absolute Gasteiger partial charge is 0.433 e. The van der Waals surface area contributed by atoms with Crippen LogP contribution in [-0.4, -0.2) is 28.4 Å². The summed E-state index contributed by atoms with van der Waals surface area (Å²) in [6.07, 6.45) is -0.994. The molecule has 3 rings (SSSR count). The number of carbonyl (C=O) groups is 1. The number of nitrogens with two attached hydrogens (primary N) is 1. The maximum absolute atomic E-state index is 13.0. The second kappa shape index (κ2) is 6.02. The van der Waals surface area contributed by atoms with Crippen LogP contribution < -0.4 is 5.73 Å². The monoisotopic (exact) mass is 341 g/mol. The summed E-state index contributed by atoms with van der Waals surface area (Å²) in [5.41, 5.74) is 5.78. The van der Waals surface area contributed by atoms with Crippen LogP contribution >= 0.6 is 0 Å². The molecule has 7 heteroatoms. The summed E-state index contributed by atoms with van der Waals surface area (Å²) >= 11 is 0. The molecule has 0 spiro atoms. The third kappa shape index (κ3) is 3.01. The zero-order chi connectivity index (χ0) is 17.5. The molecule has 0 aromatic carbocycles. The van der Waals surface area contributed by atoms with Crippen LogP contribution in [0, 0.1) is 5.41 Å². The first-order valence-electron chi connectivity index (χ1n) is 8.36. The zero-order valence-corrected chi connectivity index (χ0v) is 13.7. The average molecular weight is 341 g/mol. The van der Waals surface area contributed by atoms with Gasteiger partial charge in [0.05, 0.1) is 17.7 Å². The van der Waals surface area contributed by atoms with Crippen LogP contribution in [0.5, 0.6) is 0 Å². The molecule has 1 aromatic rings. The molecule has 2 atom stereocenters. The van der Waals surface area contributed by atoms with E-state index in [4.69, 9.17) is 5.73 Å². The van der Waals surface area contributed by atoms with E-state index in [-0.39, 0.29) is 18.5 Å². The summed E-state index contributed by atoms with van der Waals surface area (Å²) in [4.78, 5) is 18.4. The number of rotatable bonds is 2. The van der Waals surface area contributed by atoms with Crippen LogP contribution in [-0.2, 0) is 23.9 Å². The van der Waals surface area contributed by atoms with Crippen LogP contribution in [0.25, 0.3) is 0 Å². The fourth-order valence-corrected chi connectivity index (χ4v) is 3.91. The Hall–Kier alpha value is -1.63. The topological polar surface area (TPSA) is 59.2 Å². The first-order chi connectivity index (χ1) is 11.2. The van der Waals surface area contributed by atoms with E-state index in [1.807, 2.05) is 6.92 Å². The first kappa shape index (κ1) is 17.2. The second-order valence-corrected chi connectivity index (χ2v) is 6.91. The molecule has 132 valence electrons. The molecule has 1 fully saturated rings. The van der Waals surface area contributed by atoms with Gasteiger partial charge in [-0.3, -0.25) is 4.79 Å². The summed E-state index contributed by atoms with van der Waals surface area (Å²) in [7, 11) is 0. The Bertz CT molecular complexity index is 646. The Morgan fingerprint density at radius 1 is 1.46 bits per heavy atom. The SMILES string of the molecule is CC[C@]1(C(=O)N2CCc3ccc(C(F)(F)F)nc3C2)CCC(N)C1. The van der Waals surface area contributed by atoms with Crippen molar-refractivity contribution in [2.45, 2.75) is 57.8 Å². The number of carbonyl (C=O) groups excluding carboxylic acids is 1. The van der Waals surface area contributed by atoms with Crippen molar-refractivity contribution in [1.29, 1.82) is 0 Å². The molecule has 24 heavy (non-hydrogen) atoms. The molecule has 1 aliphatic heterocycles. The first-order valence-corrected chi connectivity index (χ1v) is 8.36. The number of amides is 1. The summed E-state index contributed by atoms with van der Waals surface area (Å²) in [5, 5.41) is 0. The Balaban J connectivity index is 1.82. The van der Waals surface area contributed by atoms with Crippen molar-refractivity contribution >= 4 is 5.91 Å². The van der Waals surface area contributed by atoms with Gasteiger partial charge in [0, 0.05) is 12.6 Å². The van der Waals surface area contributed by atoms with E-state index in [9.17, 15) is 18.0 Å². The van der Waals surface area contributed by atoms with Gasteiger partial charge in [0.25, 0.3) is 0 Å². The molecule has 1 amide bonds. The Morgan fingerprint density at radius 3 is 2.79 bits per heavy atom. The van der Waals surface area contributed by atoms with Crippen LogP contribution in [0.15, 0.2) is 12.1 Å². The van der Waals surface area contributed by atoms with Crippen molar-refractivity contribution in [1.82, 2.24) is 9.88 Å². The summed E-state index contributed by atoms with van der Waals surface area (Å²) in [6.45, 7) is 2.65. The van der Waals surface area contributed by atoms with E-state index in [1.165, 1.54) is 6.07 Å². The lowest BCUT2D eigenvalue weighted by molar-refractivity contribution is -0.143. The summed E-state index contributed by atoms with van der Waals surface area (Å²) in [5.74, 6) is 0.0165. The van der Waals surface area contributed by atoms with Crippen molar-refractivity contribution in [2.75, 3.05) is 6.54 Å². The molecule has 1 unspecified atom stereocenters. The van der Waals surface area contributed by atoms with Gasteiger partial charge in [-0.15, -0.1) is 0 Å². The molecule has 2 N–H and O–H groups in total. The number of fused-ring (bicyclic) bond motifs is 1. The van der Waals surface area contributed by atoms with Gasteiger partial charge in [-0.05, 0) is 43.7 Å². The van der Waals surface area contributed by atoms with Crippen LogP contribution in [0.2, 0.25) is 0 Å². The zero-order valence-electron chi connectivity index (χ0n) is 13.7. The molecule has 2 aliphatic rings. The molecule has 0 bridgehead atoms. The lowest BCUT2D eigenvalue weighted by Crippen LogP contribution is -2.45. The van der Waals surface area contributed by atoms with Crippen LogP contribution in [0.3, 0.4) is 0 Å². The minimum absolute atomic E-state index is 0.0165. The quantitative estimate of drug-likeness (QED) is 0.900. The van der Waals surface area contributed by atoms with Gasteiger partial charge in [-0.2, -0.15) is 13.2 Å². The summed E-state index contributed by atoms with van der Waals surface area (Å²) in [6, 6.07) is 2.52. The van der Waals surface area contributed by atoms with Gasteiger partial charge in [0.1, 0.15) is 5.69 Å². The van der Waals surface area contributed by atoms with Gasteiger partial charge >= 0.3 is 6.18 Å². The lowest BCUT2D eigenvalue weighted by atomic mass is 9.81. The Kier molecular flexibility index (Phi) is 4.32. The Labute approximate surface area is 139 Å². The normalized spacial score (nSPS) is 27.2. The van der Waals surface area contributed by atoms with E-state index in [0.29, 0.717) is 31.5 Å². The molecular weight excluding hydrogens is 319 g/mol. The predicted octanol–water partition coefficient (Wildman–Crippen LogP) is 2.89. The third-order valence-electron chi connectivity index (χ3n) is 5.41. The predicted molar refractivity (Wildman–Crippen MR) is 82.9 cm³/mol. The highest BCUT2D eigenvalue weighted by atomic mass is 19.4. The van der Waals surface area contributed by atoms with Crippen molar-refractivity contribution in [3.05, 3.63) is 29.1 Å². The number of hydrogen-bond donors (Lipinski definition) is 1. The fourth-order valence-electron chi connectivity index (χ4n) is 3.91. The smallest absolute Gasteiger partial charge is 0.336 e. The number of hydrogen-bond acceptors (Lipinski definition) is 3. The summed E-state index contributed by atoms with van der Waals surface area (Å²) < 4.78 is 38.6. The number of pyridine rings is 1. The number of nitrogens with zero attached hydrogens (tertiary/aromatic N) is 2. The van der Waals surface area contributed by atoms with Crippen molar-refractivity contribution < 1.29 is 18.0 Å². The van der Waals surface area contributed by atoms with Gasteiger partial charge in [-0.25, -0.2) is 4.98 Å². The van der Waals surface area contributed by atoms with E-state index >= 15 is 0 Å². The minimum atomic E-state index is -4.47. The number of aromatic nitrogens is 1. The fraction of sp³-hybridized carbons (Fsp3) is 0.647. The second-order valence-electron chi connectivity index (χ2n) is 6.91. The molecule has 1 saturated carbocycles. The van der Waals surface area contributed by atoms with Gasteiger partial charge in [0.2, 0.25) is 5.91 Å². The van der Waals surface area contributed by atoms with Gasteiger partial charge < -0.3 is 10.6 Å². The van der Waals surface area contributed by atoms with Crippen LogP contribution in [0.4, 0.5) is 13.2 Å². The van der Waals surface area contributed by atoms with Crippen molar-refractivity contribution in [3.63, 3.8) is 0 Å². The van der Waals surface area contributed by atoms with Crippen molar-refractivity contribution in [2.24, 2.45) is 11.1 Å². The molecule has 1 aromatic heterocycles. The van der Waals surface area contributed by atoms with Crippen molar-refractivity contribution in [3.8, 4) is 0 Å². The highest BCUT2D eigenvalue weighted by Crippen LogP contribution is 2.42. The van der Waals surface area contributed by atoms with Gasteiger partial charge in [0.15, 0.2) is 0 Å². The lowest BCUT2D eigenvalue weighted by Gasteiger charge is -2.36. The number of halogens is 3. The molecule has 4 nitrogen and oxygen atoms in total. The maximum atomic E-state index is 13.0. The molecule has 1 aliphatic carbocycles. The molecule has 2 heterocycles. The highest BCUT2D eigenvalue weighted by Gasteiger charge is 2.45. The third-order valence-corrected chi connectivity index (χ3v) is 5.41. The molecular formula is C17H22F3N3O. The standard InChI is InChI=1S/C17H22F3N3O/c1-2-16(7-5-12(21)9-16)15(24)23-8-6-11-3-4-14(17(18,19)20)22-13(11)10-23/h3-4,12H,2,5-10,21H2,1H3/t12?,16-/m0/s1. The van der Waals surface area contributed by atoms with E-state index in [0.717, 1.165) is 24.5 Å². The maximum Gasteiger partial charge on any atom is 0.433 e. The van der Waals surface area contributed by atoms with E-state index in [2.05, 4.69) is 4.98 Å².